The monoisotopic (exact) mass is 440 g/mol. The average molecular weight is 440 g/mol. The molecule has 0 atom stereocenters. The highest BCUT2D eigenvalue weighted by atomic mass is 16.5. The zero-order valence-electron chi connectivity index (χ0n) is 18.5. The Labute approximate surface area is 192 Å². The zero-order chi connectivity index (χ0) is 23.4. The summed E-state index contributed by atoms with van der Waals surface area (Å²) >= 11 is 0. The van der Waals surface area contributed by atoms with Crippen LogP contribution in [0.1, 0.15) is 38.8 Å². The second-order valence-electron chi connectivity index (χ2n) is 7.74. The Hall–Kier alpha value is -4.19. The van der Waals surface area contributed by atoms with Crippen LogP contribution < -0.4 is 10.2 Å². The van der Waals surface area contributed by atoms with E-state index in [0.717, 1.165) is 23.2 Å². The highest BCUT2D eigenvalue weighted by Gasteiger charge is 2.24. The van der Waals surface area contributed by atoms with Gasteiger partial charge in [-0.2, -0.15) is 0 Å². The first-order valence-corrected chi connectivity index (χ1v) is 10.6. The fourth-order valence-corrected chi connectivity index (χ4v) is 3.97. The van der Waals surface area contributed by atoms with Crippen LogP contribution in [0.4, 0.5) is 11.4 Å². The minimum absolute atomic E-state index is 0.190. The van der Waals surface area contributed by atoms with Crippen LogP contribution in [0, 0.1) is 0 Å². The number of rotatable bonds is 6. The Bertz CT molecular complexity index is 1250. The summed E-state index contributed by atoms with van der Waals surface area (Å²) in [5, 5.41) is 2.75. The minimum Gasteiger partial charge on any atom is -0.465 e. The number of hydrogen-bond acceptors (Lipinski definition) is 5. The van der Waals surface area contributed by atoms with Crippen molar-refractivity contribution in [2.45, 2.75) is 13.3 Å². The smallest absolute Gasteiger partial charge is 0.337 e. The Balaban J connectivity index is 1.76. The fourth-order valence-electron chi connectivity index (χ4n) is 3.97. The van der Waals surface area contributed by atoms with E-state index >= 15 is 0 Å². The number of carbonyl (C=O) groups excluding carboxylic acids is 3. The summed E-state index contributed by atoms with van der Waals surface area (Å²) in [6, 6.07) is 21.9. The lowest BCUT2D eigenvalue weighted by atomic mass is 9.96. The van der Waals surface area contributed by atoms with Crippen molar-refractivity contribution >= 4 is 34.6 Å². The van der Waals surface area contributed by atoms with Gasteiger partial charge in [0.25, 0.3) is 0 Å². The first kappa shape index (κ1) is 22.0. The molecule has 0 unspecified atom stereocenters. The molecule has 0 spiro atoms. The van der Waals surface area contributed by atoms with Gasteiger partial charge >= 0.3 is 5.97 Å². The number of fused-ring (bicyclic) bond motifs is 1. The molecule has 1 aliphatic heterocycles. The molecule has 0 bridgehead atoms. The van der Waals surface area contributed by atoms with Crippen LogP contribution >= 0.6 is 0 Å². The van der Waals surface area contributed by atoms with E-state index in [0.29, 0.717) is 28.9 Å². The number of ketones is 1. The predicted molar refractivity (Wildman–Crippen MR) is 128 cm³/mol. The maximum atomic E-state index is 13.7. The largest absolute Gasteiger partial charge is 0.465 e. The molecule has 0 radical (unpaired) electrons. The standard InChI is InChI=1S/C27H24N2O4/c1-18(30)28-24-11-7-6-10-22(24)26(31)23(19-8-4-3-5-9-19)17-29-15-14-20-16-21(27(32)33-2)12-13-25(20)29/h3-13,16-17H,14-15H2,1-2H3,(H,28,30)/b23-17+. The number of para-hydroxylation sites is 1. The summed E-state index contributed by atoms with van der Waals surface area (Å²) in [5.41, 5.74) is 4.65. The molecular formula is C27H24N2O4. The zero-order valence-corrected chi connectivity index (χ0v) is 18.5. The van der Waals surface area contributed by atoms with Crippen molar-refractivity contribution in [2.75, 3.05) is 23.9 Å². The SMILES string of the molecule is COC(=O)c1ccc2c(c1)CCN2/C=C(/C(=O)c1ccccc1NC(C)=O)c1ccccc1. The van der Waals surface area contributed by atoms with Gasteiger partial charge in [0.15, 0.2) is 5.78 Å². The number of allylic oxidation sites excluding steroid dienone is 1. The van der Waals surface area contributed by atoms with Crippen LogP contribution in [0.2, 0.25) is 0 Å². The number of Topliss-reactive ketones (excluding diaryl/α,β-unsaturated/α-hetero) is 1. The van der Waals surface area contributed by atoms with Gasteiger partial charge in [0, 0.05) is 36.5 Å². The molecule has 6 nitrogen and oxygen atoms in total. The fraction of sp³-hybridized carbons (Fsp3) is 0.148. The lowest BCUT2D eigenvalue weighted by Crippen LogP contribution is -2.17. The summed E-state index contributed by atoms with van der Waals surface area (Å²) in [5.74, 6) is -0.804. The maximum absolute atomic E-state index is 13.7. The van der Waals surface area contributed by atoms with Gasteiger partial charge in [0.05, 0.1) is 18.4 Å². The quantitative estimate of drug-likeness (QED) is 0.341. The number of ether oxygens (including phenoxy) is 1. The van der Waals surface area contributed by atoms with E-state index in [1.807, 2.05) is 53.6 Å². The normalized spacial score (nSPS) is 12.8. The summed E-state index contributed by atoms with van der Waals surface area (Å²) in [4.78, 5) is 39.3. The third-order valence-corrected chi connectivity index (χ3v) is 5.53. The number of benzene rings is 3. The molecule has 0 aliphatic carbocycles. The molecule has 0 saturated heterocycles. The molecule has 1 amide bonds. The van der Waals surface area contributed by atoms with E-state index in [9.17, 15) is 14.4 Å². The van der Waals surface area contributed by atoms with Gasteiger partial charge in [-0.1, -0.05) is 42.5 Å². The molecule has 1 heterocycles. The molecule has 0 saturated carbocycles. The number of amides is 1. The number of nitrogens with zero attached hydrogens (tertiary/aromatic N) is 1. The second-order valence-corrected chi connectivity index (χ2v) is 7.74. The average Bonchev–Trinajstić information content (AvgIpc) is 3.24. The Morgan fingerprint density at radius 2 is 1.67 bits per heavy atom. The maximum Gasteiger partial charge on any atom is 0.337 e. The number of hydrogen-bond donors (Lipinski definition) is 1. The molecule has 0 aromatic heterocycles. The second kappa shape index (κ2) is 9.53. The van der Waals surface area contributed by atoms with Crippen LogP contribution in [0.3, 0.4) is 0 Å². The van der Waals surface area contributed by atoms with Crippen molar-refractivity contribution < 1.29 is 19.1 Å². The Morgan fingerprint density at radius 1 is 0.939 bits per heavy atom. The molecule has 0 fully saturated rings. The van der Waals surface area contributed by atoms with E-state index in [1.54, 1.807) is 30.3 Å². The van der Waals surface area contributed by atoms with Gasteiger partial charge in [-0.15, -0.1) is 0 Å². The van der Waals surface area contributed by atoms with Crippen molar-refractivity contribution in [1.82, 2.24) is 0 Å². The van der Waals surface area contributed by atoms with Gasteiger partial charge in [-0.25, -0.2) is 4.79 Å². The van der Waals surface area contributed by atoms with Crippen LogP contribution in [0.15, 0.2) is 79.0 Å². The Kier molecular flexibility index (Phi) is 6.36. The Morgan fingerprint density at radius 3 is 2.39 bits per heavy atom. The molecule has 3 aromatic carbocycles. The summed E-state index contributed by atoms with van der Waals surface area (Å²) in [7, 11) is 1.36. The van der Waals surface area contributed by atoms with Gasteiger partial charge in [0.1, 0.15) is 0 Å². The molecule has 33 heavy (non-hydrogen) atoms. The van der Waals surface area contributed by atoms with Crippen molar-refractivity contribution in [2.24, 2.45) is 0 Å². The first-order valence-electron chi connectivity index (χ1n) is 10.6. The van der Waals surface area contributed by atoms with E-state index < -0.39 is 0 Å². The summed E-state index contributed by atoms with van der Waals surface area (Å²) in [6.07, 6.45) is 2.60. The highest BCUT2D eigenvalue weighted by molar-refractivity contribution is 6.31. The lowest BCUT2D eigenvalue weighted by molar-refractivity contribution is -0.114. The number of nitrogens with one attached hydrogen (secondary N) is 1. The van der Waals surface area contributed by atoms with Crippen LogP contribution in [0.5, 0.6) is 0 Å². The van der Waals surface area contributed by atoms with E-state index in [4.69, 9.17) is 4.74 Å². The topological polar surface area (TPSA) is 75.7 Å². The van der Waals surface area contributed by atoms with Gasteiger partial charge in [0.2, 0.25) is 5.91 Å². The molecular weight excluding hydrogens is 416 g/mol. The van der Waals surface area contributed by atoms with Crippen molar-refractivity contribution in [3.8, 4) is 0 Å². The van der Waals surface area contributed by atoms with E-state index in [-0.39, 0.29) is 17.7 Å². The molecule has 1 N–H and O–H groups in total. The molecule has 3 aromatic rings. The van der Waals surface area contributed by atoms with Gasteiger partial charge < -0.3 is 15.0 Å². The van der Waals surface area contributed by atoms with E-state index in [2.05, 4.69) is 5.32 Å². The molecule has 166 valence electrons. The number of methoxy groups -OCH3 is 1. The third-order valence-electron chi connectivity index (χ3n) is 5.53. The molecule has 1 aliphatic rings. The van der Waals surface area contributed by atoms with Gasteiger partial charge in [-0.3, -0.25) is 9.59 Å². The highest BCUT2D eigenvalue weighted by Crippen LogP contribution is 2.32. The number of anilines is 2. The predicted octanol–water partition coefficient (Wildman–Crippen LogP) is 4.72. The molecule has 6 heteroatoms. The summed E-state index contributed by atoms with van der Waals surface area (Å²) < 4.78 is 4.83. The van der Waals surface area contributed by atoms with Gasteiger partial charge in [-0.05, 0) is 47.9 Å². The number of esters is 1. The van der Waals surface area contributed by atoms with E-state index in [1.165, 1.54) is 14.0 Å². The summed E-state index contributed by atoms with van der Waals surface area (Å²) in [6.45, 7) is 2.09. The van der Waals surface area contributed by atoms with Crippen LogP contribution in [-0.4, -0.2) is 31.3 Å². The minimum atomic E-state index is -0.374. The number of carbonyl (C=O) groups is 3. The van der Waals surface area contributed by atoms with Crippen molar-refractivity contribution in [3.63, 3.8) is 0 Å². The van der Waals surface area contributed by atoms with Crippen molar-refractivity contribution in [3.05, 3.63) is 101 Å². The van der Waals surface area contributed by atoms with Crippen LogP contribution in [0.25, 0.3) is 5.57 Å². The first-order chi connectivity index (χ1) is 16.0. The third kappa shape index (κ3) is 4.70. The molecule has 4 rings (SSSR count). The lowest BCUT2D eigenvalue weighted by Gasteiger charge is -2.18. The van der Waals surface area contributed by atoms with Crippen molar-refractivity contribution in [1.29, 1.82) is 0 Å². The van der Waals surface area contributed by atoms with Crippen LogP contribution in [-0.2, 0) is 16.0 Å².